The largest absolute Gasteiger partial charge is 0.444 e. The fourth-order valence-electron chi connectivity index (χ4n) is 3.40. The number of H-pyrrole nitrogens is 1. The number of hydrogen-bond acceptors (Lipinski definition) is 7. The van der Waals surface area contributed by atoms with E-state index < -0.39 is 12.0 Å². The molecule has 9 heteroatoms. The van der Waals surface area contributed by atoms with Gasteiger partial charge in [-0.05, 0) is 17.7 Å². The number of amides is 2. The van der Waals surface area contributed by atoms with Gasteiger partial charge < -0.3 is 15.0 Å². The lowest BCUT2D eigenvalue weighted by Gasteiger charge is -2.22. The van der Waals surface area contributed by atoms with E-state index in [4.69, 9.17) is 9.72 Å². The van der Waals surface area contributed by atoms with Crippen molar-refractivity contribution in [2.75, 3.05) is 13.1 Å². The third-order valence-electron chi connectivity index (χ3n) is 5.33. The Morgan fingerprint density at radius 3 is 2.62 bits per heavy atom. The second-order valence-corrected chi connectivity index (χ2v) is 9.50. The van der Waals surface area contributed by atoms with E-state index in [0.717, 1.165) is 34.0 Å². The number of imide groups is 1. The lowest BCUT2D eigenvalue weighted by Crippen LogP contribution is -2.35. The molecule has 2 heterocycles. The van der Waals surface area contributed by atoms with E-state index in [9.17, 15) is 9.59 Å². The monoisotopic (exact) mass is 477 g/mol. The summed E-state index contributed by atoms with van der Waals surface area (Å²) in [5.41, 5.74) is 2.87. The number of alkyl carbamates (subject to hydrolysis) is 1. The van der Waals surface area contributed by atoms with Crippen LogP contribution in [0.15, 0.2) is 60.0 Å². The molecule has 8 nitrogen and oxygen atoms in total. The van der Waals surface area contributed by atoms with Gasteiger partial charge in [0.25, 0.3) is 5.91 Å². The Morgan fingerprint density at radius 2 is 1.82 bits per heavy atom. The minimum absolute atomic E-state index is 0.0956. The highest BCUT2D eigenvalue weighted by atomic mass is 32.1. The van der Waals surface area contributed by atoms with Gasteiger partial charge in [-0.1, -0.05) is 56.3 Å². The van der Waals surface area contributed by atoms with E-state index in [-0.39, 0.29) is 17.7 Å². The zero-order chi connectivity index (χ0) is 24.0. The number of carbonyl (C=O) groups excluding carboxylic acids is 2. The van der Waals surface area contributed by atoms with Crippen LogP contribution in [-0.2, 0) is 23.2 Å². The van der Waals surface area contributed by atoms with Gasteiger partial charge in [0.1, 0.15) is 18.1 Å². The Balaban J connectivity index is 1.21. The molecule has 0 saturated carbocycles. The number of hydrogen-bond donors (Lipinski definition) is 3. The zero-order valence-corrected chi connectivity index (χ0v) is 19.9. The zero-order valence-electron chi connectivity index (χ0n) is 19.1. The molecular formula is C25H27N5O3S. The molecule has 0 aliphatic rings. The first-order chi connectivity index (χ1) is 16.4. The van der Waals surface area contributed by atoms with Crippen molar-refractivity contribution in [2.45, 2.75) is 32.3 Å². The number of carbonyl (C=O) groups is 2. The van der Waals surface area contributed by atoms with E-state index in [1.54, 1.807) is 5.38 Å². The number of aromatic nitrogens is 3. The van der Waals surface area contributed by atoms with Crippen LogP contribution in [0.1, 0.15) is 40.7 Å². The third-order valence-corrected chi connectivity index (χ3v) is 6.23. The molecule has 4 rings (SSSR count). The van der Waals surface area contributed by atoms with Crippen LogP contribution in [0.5, 0.6) is 0 Å². The number of nitrogens with one attached hydrogen (secondary N) is 3. The number of para-hydroxylation sites is 2. The van der Waals surface area contributed by atoms with Gasteiger partial charge in [0.2, 0.25) is 0 Å². The summed E-state index contributed by atoms with van der Waals surface area (Å²) in [5, 5.41) is 8.13. The molecule has 0 aliphatic heterocycles. The highest BCUT2D eigenvalue weighted by Crippen LogP contribution is 2.22. The number of ether oxygens (including phenoxy) is 1. The van der Waals surface area contributed by atoms with E-state index in [1.165, 1.54) is 11.3 Å². The standard InChI is InChI=1S/C25H27N5O3S/c1-25(2,23-28-18-10-6-7-11-19(18)29-23)16-26-13-12-21-27-20(15-34-21)22(31)30-24(32)33-14-17-8-4-3-5-9-17/h3-11,15,26H,12-14,16H2,1-2H3,(H,28,29)(H,30,31,32). The van der Waals surface area contributed by atoms with Gasteiger partial charge in [0.05, 0.1) is 16.0 Å². The molecule has 2 aromatic heterocycles. The van der Waals surface area contributed by atoms with Crippen LogP contribution >= 0.6 is 11.3 Å². The number of benzene rings is 2. The summed E-state index contributed by atoms with van der Waals surface area (Å²) in [6.07, 6.45) is -0.120. The SMILES string of the molecule is CC(C)(CNCCc1nc(C(=O)NC(=O)OCc2ccccc2)cs1)c1nc2ccccc2[nH]1. The molecular weight excluding hydrogens is 450 g/mol. The second kappa shape index (κ2) is 10.6. The van der Waals surface area contributed by atoms with E-state index in [0.29, 0.717) is 13.0 Å². The average molecular weight is 478 g/mol. The normalized spacial score (nSPS) is 11.5. The summed E-state index contributed by atoms with van der Waals surface area (Å²) >= 11 is 1.39. The minimum atomic E-state index is -0.794. The summed E-state index contributed by atoms with van der Waals surface area (Å²) in [7, 11) is 0. The van der Waals surface area contributed by atoms with Crippen LogP contribution in [0.3, 0.4) is 0 Å². The quantitative estimate of drug-likeness (QED) is 0.312. The molecule has 4 aromatic rings. The van der Waals surface area contributed by atoms with Crippen LogP contribution in [0.4, 0.5) is 4.79 Å². The van der Waals surface area contributed by atoms with Crippen molar-refractivity contribution in [3.05, 3.63) is 82.1 Å². The first-order valence-electron chi connectivity index (χ1n) is 11.0. The van der Waals surface area contributed by atoms with Crippen LogP contribution in [-0.4, -0.2) is 40.0 Å². The minimum Gasteiger partial charge on any atom is -0.444 e. The maximum absolute atomic E-state index is 12.3. The average Bonchev–Trinajstić information content (AvgIpc) is 3.49. The Bertz CT molecular complexity index is 1230. The molecule has 0 unspecified atom stereocenters. The second-order valence-electron chi connectivity index (χ2n) is 8.56. The topological polar surface area (TPSA) is 109 Å². The number of imidazole rings is 1. The van der Waals surface area contributed by atoms with Crippen molar-refractivity contribution < 1.29 is 14.3 Å². The number of fused-ring (bicyclic) bond motifs is 1. The number of aromatic amines is 1. The van der Waals surface area contributed by atoms with Crippen LogP contribution in [0.2, 0.25) is 0 Å². The highest BCUT2D eigenvalue weighted by Gasteiger charge is 2.24. The number of thiazole rings is 1. The lowest BCUT2D eigenvalue weighted by atomic mass is 9.92. The first-order valence-corrected chi connectivity index (χ1v) is 11.9. The Kier molecular flexibility index (Phi) is 7.34. The smallest absolute Gasteiger partial charge is 0.414 e. The molecule has 0 saturated heterocycles. The molecule has 0 atom stereocenters. The van der Waals surface area contributed by atoms with Gasteiger partial charge >= 0.3 is 6.09 Å². The molecule has 2 aromatic carbocycles. The van der Waals surface area contributed by atoms with E-state index in [1.807, 2.05) is 54.6 Å². The predicted octanol–water partition coefficient (Wildman–Crippen LogP) is 4.20. The number of nitrogens with zero attached hydrogens (tertiary/aromatic N) is 2. The van der Waals surface area contributed by atoms with Gasteiger partial charge in [-0.3, -0.25) is 10.1 Å². The Labute approximate surface area is 201 Å². The summed E-state index contributed by atoms with van der Waals surface area (Å²) in [5.74, 6) is 0.369. The number of rotatable bonds is 9. The maximum atomic E-state index is 12.3. The Morgan fingerprint density at radius 1 is 1.06 bits per heavy atom. The van der Waals surface area contributed by atoms with E-state index >= 15 is 0 Å². The van der Waals surface area contributed by atoms with Gasteiger partial charge in [-0.15, -0.1) is 11.3 Å². The van der Waals surface area contributed by atoms with Crippen LogP contribution < -0.4 is 10.6 Å². The van der Waals surface area contributed by atoms with Gasteiger partial charge in [0.15, 0.2) is 0 Å². The van der Waals surface area contributed by atoms with Crippen molar-refractivity contribution in [3.63, 3.8) is 0 Å². The van der Waals surface area contributed by atoms with Crippen molar-refractivity contribution >= 4 is 34.4 Å². The molecule has 3 N–H and O–H groups in total. The fourth-order valence-corrected chi connectivity index (χ4v) is 4.18. The molecule has 34 heavy (non-hydrogen) atoms. The van der Waals surface area contributed by atoms with E-state index in [2.05, 4.69) is 34.4 Å². The first kappa shape index (κ1) is 23.6. The molecule has 176 valence electrons. The highest BCUT2D eigenvalue weighted by molar-refractivity contribution is 7.09. The van der Waals surface area contributed by atoms with Gasteiger partial charge in [0, 0.05) is 30.3 Å². The summed E-state index contributed by atoms with van der Waals surface area (Å²) in [6.45, 7) is 5.81. The van der Waals surface area contributed by atoms with Gasteiger partial charge in [-0.25, -0.2) is 14.8 Å². The lowest BCUT2D eigenvalue weighted by molar-refractivity contribution is 0.0908. The van der Waals surface area contributed by atoms with Crippen molar-refractivity contribution in [2.24, 2.45) is 0 Å². The summed E-state index contributed by atoms with van der Waals surface area (Å²) in [6, 6.07) is 17.3. The Hall–Kier alpha value is -3.56. The van der Waals surface area contributed by atoms with Crippen LogP contribution in [0.25, 0.3) is 11.0 Å². The maximum Gasteiger partial charge on any atom is 0.414 e. The summed E-state index contributed by atoms with van der Waals surface area (Å²) in [4.78, 5) is 36.6. The third kappa shape index (κ3) is 6.06. The van der Waals surface area contributed by atoms with Crippen molar-refractivity contribution in [1.82, 2.24) is 25.6 Å². The van der Waals surface area contributed by atoms with Gasteiger partial charge in [-0.2, -0.15) is 0 Å². The van der Waals surface area contributed by atoms with Crippen molar-refractivity contribution in [3.8, 4) is 0 Å². The molecule has 2 amide bonds. The van der Waals surface area contributed by atoms with Crippen LogP contribution in [0, 0.1) is 0 Å². The molecule has 0 spiro atoms. The molecule has 0 bridgehead atoms. The summed E-state index contributed by atoms with van der Waals surface area (Å²) < 4.78 is 5.08. The molecule has 0 fully saturated rings. The van der Waals surface area contributed by atoms with Crippen molar-refractivity contribution in [1.29, 1.82) is 0 Å². The molecule has 0 aliphatic carbocycles. The predicted molar refractivity (Wildman–Crippen MR) is 132 cm³/mol. The molecule has 0 radical (unpaired) electrons. The fraction of sp³-hybridized carbons (Fsp3) is 0.280.